The van der Waals surface area contributed by atoms with E-state index in [1.807, 2.05) is 18.2 Å². The molecule has 1 amide bonds. The molecule has 0 bridgehead atoms. The van der Waals surface area contributed by atoms with Gasteiger partial charge in [-0.25, -0.2) is 5.06 Å². The highest BCUT2D eigenvalue weighted by Gasteiger charge is 2.11. The maximum absolute atomic E-state index is 11.8. The molecule has 0 aliphatic rings. The number of alkyl halides is 1. The van der Waals surface area contributed by atoms with Crippen molar-refractivity contribution in [2.45, 2.75) is 4.90 Å². The summed E-state index contributed by atoms with van der Waals surface area (Å²) in [6, 6.07) is 7.55. The summed E-state index contributed by atoms with van der Waals surface area (Å²) in [5, 5.41) is 2.15. The Hall–Kier alpha value is -0.520. The second kappa shape index (κ2) is 6.93. The van der Waals surface area contributed by atoms with Gasteiger partial charge in [-0.3, -0.25) is 9.63 Å². The van der Waals surface area contributed by atoms with Crippen LogP contribution in [0.3, 0.4) is 0 Å². The topological polar surface area (TPSA) is 29.5 Å². The molecule has 0 saturated carbocycles. The first kappa shape index (κ1) is 13.5. The Morgan fingerprint density at radius 3 is 2.94 bits per heavy atom. The van der Waals surface area contributed by atoms with Crippen LogP contribution in [0.25, 0.3) is 0 Å². The number of hydroxylamine groups is 2. The highest BCUT2D eigenvalue weighted by Crippen LogP contribution is 2.20. The van der Waals surface area contributed by atoms with Crippen LogP contribution in [0, 0.1) is 0 Å². The molecule has 0 atom stereocenters. The Balaban J connectivity index is 2.77. The average Bonchev–Trinajstić information content (AvgIpc) is 2.34. The van der Waals surface area contributed by atoms with Crippen LogP contribution in [0.2, 0.25) is 0 Å². The Morgan fingerprint density at radius 2 is 2.31 bits per heavy atom. The SMILES string of the molecule is CON(C)C(=O)c1cccc(SCCBr)c1. The molecule has 0 unspecified atom stereocenters. The van der Waals surface area contributed by atoms with E-state index in [0.29, 0.717) is 5.56 Å². The summed E-state index contributed by atoms with van der Waals surface area (Å²) in [5.74, 6) is 0.849. The van der Waals surface area contributed by atoms with Gasteiger partial charge in [-0.2, -0.15) is 0 Å². The molecule has 0 fully saturated rings. The minimum Gasteiger partial charge on any atom is -0.274 e. The zero-order valence-corrected chi connectivity index (χ0v) is 11.7. The van der Waals surface area contributed by atoms with Gasteiger partial charge in [-0.15, -0.1) is 11.8 Å². The second-order valence-electron chi connectivity index (χ2n) is 3.05. The molecule has 16 heavy (non-hydrogen) atoms. The molecule has 88 valence electrons. The number of nitrogens with zero attached hydrogens (tertiary/aromatic N) is 1. The Kier molecular flexibility index (Phi) is 5.87. The summed E-state index contributed by atoms with van der Waals surface area (Å²) in [6.45, 7) is 0. The highest BCUT2D eigenvalue weighted by molar-refractivity contribution is 9.09. The summed E-state index contributed by atoms with van der Waals surface area (Å²) in [7, 11) is 3.07. The predicted molar refractivity (Wildman–Crippen MR) is 70.1 cm³/mol. The van der Waals surface area contributed by atoms with Crippen LogP contribution in [0.1, 0.15) is 10.4 Å². The molecule has 0 aromatic heterocycles. The lowest BCUT2D eigenvalue weighted by molar-refractivity contribution is -0.0757. The van der Waals surface area contributed by atoms with Crippen LogP contribution in [0.15, 0.2) is 29.2 Å². The van der Waals surface area contributed by atoms with Crippen molar-refractivity contribution in [3.8, 4) is 0 Å². The van der Waals surface area contributed by atoms with E-state index in [-0.39, 0.29) is 5.91 Å². The van der Waals surface area contributed by atoms with Gasteiger partial charge in [0, 0.05) is 28.6 Å². The summed E-state index contributed by atoms with van der Waals surface area (Å²) in [5.41, 5.74) is 0.643. The Bertz CT molecular complexity index is 360. The maximum atomic E-state index is 11.8. The lowest BCUT2D eigenvalue weighted by Crippen LogP contribution is -2.25. The zero-order valence-electron chi connectivity index (χ0n) is 9.27. The molecule has 0 heterocycles. The molecule has 0 aliphatic heterocycles. The number of thioether (sulfide) groups is 1. The maximum Gasteiger partial charge on any atom is 0.277 e. The van der Waals surface area contributed by atoms with Gasteiger partial charge in [0.2, 0.25) is 0 Å². The molecule has 0 aliphatic carbocycles. The number of benzene rings is 1. The van der Waals surface area contributed by atoms with E-state index in [4.69, 9.17) is 4.84 Å². The van der Waals surface area contributed by atoms with Crippen molar-refractivity contribution < 1.29 is 9.63 Å². The smallest absolute Gasteiger partial charge is 0.274 e. The summed E-state index contributed by atoms with van der Waals surface area (Å²) >= 11 is 5.09. The van der Waals surface area contributed by atoms with Gasteiger partial charge < -0.3 is 0 Å². The summed E-state index contributed by atoms with van der Waals surface area (Å²) in [4.78, 5) is 17.7. The van der Waals surface area contributed by atoms with E-state index in [2.05, 4.69) is 15.9 Å². The fourth-order valence-corrected chi connectivity index (χ4v) is 2.32. The average molecular weight is 304 g/mol. The molecular formula is C11H14BrNO2S. The minimum absolute atomic E-state index is 0.135. The molecule has 3 nitrogen and oxygen atoms in total. The Labute approximate surface area is 108 Å². The van der Waals surface area contributed by atoms with Gasteiger partial charge >= 0.3 is 0 Å². The van der Waals surface area contributed by atoms with Gasteiger partial charge in [0.15, 0.2) is 0 Å². The van der Waals surface area contributed by atoms with Gasteiger partial charge in [-0.1, -0.05) is 22.0 Å². The molecule has 1 rings (SSSR count). The van der Waals surface area contributed by atoms with Gasteiger partial charge in [0.05, 0.1) is 7.11 Å². The third-order valence-corrected chi connectivity index (χ3v) is 3.90. The number of hydrogen-bond donors (Lipinski definition) is 0. The molecule has 1 aromatic rings. The molecule has 0 radical (unpaired) electrons. The van der Waals surface area contributed by atoms with Gasteiger partial charge in [-0.05, 0) is 18.2 Å². The first-order valence-corrected chi connectivity index (χ1v) is 6.90. The number of hydrogen-bond acceptors (Lipinski definition) is 3. The molecule has 1 aromatic carbocycles. The largest absolute Gasteiger partial charge is 0.277 e. The van der Waals surface area contributed by atoms with Crippen LogP contribution in [0.5, 0.6) is 0 Å². The number of halogens is 1. The van der Waals surface area contributed by atoms with E-state index >= 15 is 0 Å². The second-order valence-corrected chi connectivity index (χ2v) is 5.01. The standard InChI is InChI=1S/C11H14BrNO2S/c1-13(15-2)11(14)9-4-3-5-10(8-9)16-7-6-12/h3-5,8H,6-7H2,1-2H3. The fraction of sp³-hybridized carbons (Fsp3) is 0.364. The van der Waals surface area contributed by atoms with Crippen LogP contribution >= 0.6 is 27.7 Å². The van der Waals surface area contributed by atoms with Crippen molar-refractivity contribution >= 4 is 33.6 Å². The first-order valence-electron chi connectivity index (χ1n) is 4.80. The van der Waals surface area contributed by atoms with Gasteiger partial charge in [0.25, 0.3) is 5.91 Å². The van der Waals surface area contributed by atoms with Crippen molar-refractivity contribution in [1.29, 1.82) is 0 Å². The third-order valence-electron chi connectivity index (χ3n) is 1.99. The van der Waals surface area contributed by atoms with E-state index in [9.17, 15) is 4.79 Å². The fourth-order valence-electron chi connectivity index (χ4n) is 1.14. The van der Waals surface area contributed by atoms with Crippen LogP contribution in [-0.4, -0.2) is 36.2 Å². The van der Waals surface area contributed by atoms with E-state index < -0.39 is 0 Å². The lowest BCUT2D eigenvalue weighted by atomic mass is 10.2. The van der Waals surface area contributed by atoms with Crippen LogP contribution in [0.4, 0.5) is 0 Å². The van der Waals surface area contributed by atoms with E-state index in [1.165, 1.54) is 12.2 Å². The number of carbonyl (C=O) groups is 1. The molecule has 0 spiro atoms. The molecule has 0 saturated heterocycles. The predicted octanol–water partition coefficient (Wildman–Crippen LogP) is 2.81. The van der Waals surface area contributed by atoms with E-state index in [1.54, 1.807) is 24.9 Å². The quantitative estimate of drug-likeness (QED) is 0.476. The normalized spacial score (nSPS) is 10.2. The summed E-state index contributed by atoms with van der Waals surface area (Å²) in [6.07, 6.45) is 0. The molecule has 5 heteroatoms. The van der Waals surface area contributed by atoms with Crippen molar-refractivity contribution in [2.75, 3.05) is 25.2 Å². The number of carbonyl (C=O) groups excluding carboxylic acids is 1. The van der Waals surface area contributed by atoms with Crippen LogP contribution < -0.4 is 0 Å². The monoisotopic (exact) mass is 303 g/mol. The number of rotatable bonds is 5. The lowest BCUT2D eigenvalue weighted by Gasteiger charge is -2.13. The zero-order chi connectivity index (χ0) is 12.0. The molecular weight excluding hydrogens is 290 g/mol. The Morgan fingerprint density at radius 1 is 1.56 bits per heavy atom. The van der Waals surface area contributed by atoms with Crippen molar-refractivity contribution in [3.63, 3.8) is 0 Å². The minimum atomic E-state index is -0.135. The first-order chi connectivity index (χ1) is 7.69. The van der Waals surface area contributed by atoms with Crippen LogP contribution in [-0.2, 0) is 4.84 Å². The van der Waals surface area contributed by atoms with Gasteiger partial charge in [0.1, 0.15) is 0 Å². The van der Waals surface area contributed by atoms with E-state index in [0.717, 1.165) is 16.0 Å². The number of amides is 1. The van der Waals surface area contributed by atoms with Crippen molar-refractivity contribution in [2.24, 2.45) is 0 Å². The van der Waals surface area contributed by atoms with Crippen molar-refractivity contribution in [3.05, 3.63) is 29.8 Å². The van der Waals surface area contributed by atoms with Crippen molar-refractivity contribution in [1.82, 2.24) is 5.06 Å². The summed E-state index contributed by atoms with van der Waals surface area (Å²) < 4.78 is 0. The third kappa shape index (κ3) is 3.81. The highest BCUT2D eigenvalue weighted by atomic mass is 79.9. The molecule has 0 N–H and O–H groups in total.